The van der Waals surface area contributed by atoms with Gasteiger partial charge in [-0.3, -0.25) is 0 Å². The van der Waals surface area contributed by atoms with E-state index in [9.17, 15) is 8.78 Å². The summed E-state index contributed by atoms with van der Waals surface area (Å²) in [5.41, 5.74) is 1.16. The summed E-state index contributed by atoms with van der Waals surface area (Å²) in [7, 11) is 0. The van der Waals surface area contributed by atoms with Gasteiger partial charge in [0, 0.05) is 11.8 Å². The van der Waals surface area contributed by atoms with Gasteiger partial charge in [-0.25, -0.2) is 8.78 Å². The van der Waals surface area contributed by atoms with Gasteiger partial charge in [-0.15, -0.1) is 11.6 Å². The van der Waals surface area contributed by atoms with Gasteiger partial charge in [0.15, 0.2) is 0 Å². The molecule has 0 nitrogen and oxygen atoms in total. The fourth-order valence-corrected chi connectivity index (χ4v) is 2.50. The van der Waals surface area contributed by atoms with E-state index in [1.54, 1.807) is 30.3 Å². The topological polar surface area (TPSA) is 0 Å². The van der Waals surface area contributed by atoms with E-state index in [0.717, 1.165) is 0 Å². The first-order valence-corrected chi connectivity index (χ1v) is 6.78. The van der Waals surface area contributed by atoms with Crippen LogP contribution in [0.2, 0.25) is 5.02 Å². The Labute approximate surface area is 121 Å². The molecule has 2 aromatic carbocycles. The second-order valence-electron chi connectivity index (χ2n) is 4.29. The largest absolute Gasteiger partial charge is 0.207 e. The smallest absolute Gasteiger partial charge is 0.142 e. The number of rotatable bonds is 4. The number of alkyl halides is 1. The maximum absolute atomic E-state index is 13.7. The highest BCUT2D eigenvalue weighted by molar-refractivity contribution is 6.31. The summed E-state index contributed by atoms with van der Waals surface area (Å²) in [5.74, 6) is -0.766. The zero-order valence-corrected chi connectivity index (χ0v) is 11.6. The Kier molecular flexibility index (Phi) is 4.78. The van der Waals surface area contributed by atoms with Gasteiger partial charge in [-0.1, -0.05) is 41.9 Å². The maximum Gasteiger partial charge on any atom is 0.142 e. The van der Waals surface area contributed by atoms with Crippen LogP contribution >= 0.6 is 23.2 Å². The minimum atomic E-state index is -0.471. The van der Waals surface area contributed by atoms with Crippen LogP contribution in [0.5, 0.6) is 0 Å². The van der Waals surface area contributed by atoms with Gasteiger partial charge in [-0.2, -0.15) is 0 Å². The first-order valence-electron chi connectivity index (χ1n) is 5.86. The third kappa shape index (κ3) is 3.26. The average Bonchev–Trinajstić information content (AvgIpc) is 2.41. The summed E-state index contributed by atoms with van der Waals surface area (Å²) in [6.07, 6.45) is 0.404. The predicted molar refractivity (Wildman–Crippen MR) is 75.0 cm³/mol. The minimum Gasteiger partial charge on any atom is -0.207 e. The van der Waals surface area contributed by atoms with E-state index >= 15 is 0 Å². The zero-order chi connectivity index (χ0) is 13.8. The average molecular weight is 301 g/mol. The zero-order valence-electron chi connectivity index (χ0n) is 10.0. The molecule has 0 fully saturated rings. The summed E-state index contributed by atoms with van der Waals surface area (Å²) in [4.78, 5) is 0. The van der Waals surface area contributed by atoms with Gasteiger partial charge in [0.2, 0.25) is 0 Å². The van der Waals surface area contributed by atoms with Crippen LogP contribution in [-0.2, 0) is 6.42 Å². The van der Waals surface area contributed by atoms with E-state index in [1.807, 2.05) is 0 Å². The third-order valence-corrected chi connectivity index (χ3v) is 3.82. The van der Waals surface area contributed by atoms with Crippen LogP contribution in [0, 0.1) is 11.6 Å². The van der Waals surface area contributed by atoms with E-state index in [-0.39, 0.29) is 22.6 Å². The van der Waals surface area contributed by atoms with E-state index in [1.165, 1.54) is 12.1 Å². The molecule has 1 atom stereocenters. The van der Waals surface area contributed by atoms with Crippen molar-refractivity contribution in [1.29, 1.82) is 0 Å². The van der Waals surface area contributed by atoms with Crippen molar-refractivity contribution in [2.45, 2.75) is 12.3 Å². The Morgan fingerprint density at radius 3 is 2.32 bits per heavy atom. The van der Waals surface area contributed by atoms with Crippen LogP contribution in [0.25, 0.3) is 0 Å². The van der Waals surface area contributed by atoms with Crippen LogP contribution in [0.4, 0.5) is 8.78 Å². The van der Waals surface area contributed by atoms with Crippen molar-refractivity contribution in [2.24, 2.45) is 0 Å². The molecule has 0 amide bonds. The fraction of sp³-hybridized carbons (Fsp3) is 0.200. The molecule has 0 heterocycles. The highest BCUT2D eigenvalue weighted by Crippen LogP contribution is 2.29. The van der Waals surface area contributed by atoms with Crippen molar-refractivity contribution in [3.05, 3.63) is 70.2 Å². The Morgan fingerprint density at radius 1 is 0.947 bits per heavy atom. The lowest BCUT2D eigenvalue weighted by Crippen LogP contribution is -2.07. The molecule has 0 radical (unpaired) electrons. The van der Waals surface area contributed by atoms with E-state index in [0.29, 0.717) is 17.5 Å². The van der Waals surface area contributed by atoms with Gasteiger partial charge in [0.05, 0.1) is 5.02 Å². The lowest BCUT2D eigenvalue weighted by atomic mass is 9.93. The van der Waals surface area contributed by atoms with Gasteiger partial charge in [0.1, 0.15) is 11.6 Å². The molecule has 0 spiro atoms. The Bertz CT molecular complexity index is 570. The quantitative estimate of drug-likeness (QED) is 0.682. The molecule has 0 aromatic heterocycles. The molecule has 0 saturated heterocycles. The third-order valence-electron chi connectivity index (χ3n) is 3.03. The standard InChI is InChI=1S/C15H12Cl2F2/c16-9-11(12-5-1-2-6-13(12)18)8-10-4-3-7-14(19)15(10)17/h1-7,11H,8-9H2. The van der Waals surface area contributed by atoms with Crippen molar-refractivity contribution in [3.63, 3.8) is 0 Å². The van der Waals surface area contributed by atoms with Crippen molar-refractivity contribution in [1.82, 2.24) is 0 Å². The second-order valence-corrected chi connectivity index (χ2v) is 4.98. The number of benzene rings is 2. The number of hydrogen-bond donors (Lipinski definition) is 0. The summed E-state index contributed by atoms with van der Waals surface area (Å²) in [6, 6.07) is 11.1. The predicted octanol–water partition coefficient (Wildman–Crippen LogP) is 5.18. The highest BCUT2D eigenvalue weighted by Gasteiger charge is 2.17. The molecule has 100 valence electrons. The van der Waals surface area contributed by atoms with Gasteiger partial charge in [-0.05, 0) is 29.7 Å². The molecular formula is C15H12Cl2F2. The van der Waals surface area contributed by atoms with Crippen molar-refractivity contribution in [2.75, 3.05) is 5.88 Å². The normalized spacial score (nSPS) is 12.4. The first-order chi connectivity index (χ1) is 9.13. The number of halogens is 4. The molecule has 1 unspecified atom stereocenters. The second kappa shape index (κ2) is 6.36. The maximum atomic E-state index is 13.7. The Hall–Kier alpha value is -1.12. The van der Waals surface area contributed by atoms with Crippen LogP contribution in [0.3, 0.4) is 0 Å². The molecule has 0 N–H and O–H groups in total. The van der Waals surface area contributed by atoms with Crippen LogP contribution in [-0.4, -0.2) is 5.88 Å². The van der Waals surface area contributed by atoms with Crippen LogP contribution < -0.4 is 0 Å². The monoisotopic (exact) mass is 300 g/mol. The molecular weight excluding hydrogens is 289 g/mol. The summed E-state index contributed by atoms with van der Waals surface area (Å²) >= 11 is 11.8. The summed E-state index contributed by atoms with van der Waals surface area (Å²) in [5, 5.41) is 0.0777. The Balaban J connectivity index is 2.30. The fourth-order valence-electron chi connectivity index (χ4n) is 2.03. The van der Waals surface area contributed by atoms with Gasteiger partial charge < -0.3 is 0 Å². The molecule has 0 aliphatic heterocycles. The Morgan fingerprint density at radius 2 is 1.63 bits per heavy atom. The molecule has 2 rings (SSSR count). The van der Waals surface area contributed by atoms with Crippen molar-refractivity contribution >= 4 is 23.2 Å². The van der Waals surface area contributed by atoms with Gasteiger partial charge >= 0.3 is 0 Å². The summed E-state index contributed by atoms with van der Waals surface area (Å²) in [6.45, 7) is 0. The van der Waals surface area contributed by atoms with Gasteiger partial charge in [0.25, 0.3) is 0 Å². The molecule has 2 aromatic rings. The molecule has 4 heteroatoms. The number of hydrogen-bond acceptors (Lipinski definition) is 0. The van der Waals surface area contributed by atoms with E-state index in [2.05, 4.69) is 0 Å². The highest BCUT2D eigenvalue weighted by atomic mass is 35.5. The van der Waals surface area contributed by atoms with E-state index in [4.69, 9.17) is 23.2 Å². The lowest BCUT2D eigenvalue weighted by Gasteiger charge is -2.16. The molecule has 0 saturated carbocycles. The summed E-state index contributed by atoms with van der Waals surface area (Å²) < 4.78 is 27.1. The minimum absolute atomic E-state index is 0.0777. The SMILES string of the molecule is Fc1ccccc1C(CCl)Cc1cccc(F)c1Cl. The molecule has 0 aliphatic carbocycles. The van der Waals surface area contributed by atoms with Crippen LogP contribution in [0.15, 0.2) is 42.5 Å². The molecule has 19 heavy (non-hydrogen) atoms. The van der Waals surface area contributed by atoms with Crippen molar-refractivity contribution < 1.29 is 8.78 Å². The van der Waals surface area contributed by atoms with Crippen LogP contribution in [0.1, 0.15) is 17.0 Å². The molecule has 0 bridgehead atoms. The first kappa shape index (κ1) is 14.3. The van der Waals surface area contributed by atoms with Crippen molar-refractivity contribution in [3.8, 4) is 0 Å². The lowest BCUT2D eigenvalue weighted by molar-refractivity contribution is 0.587. The van der Waals surface area contributed by atoms with E-state index < -0.39 is 5.82 Å². The molecule has 0 aliphatic rings.